The summed E-state index contributed by atoms with van der Waals surface area (Å²) in [4.78, 5) is 0. The Morgan fingerprint density at radius 2 is 2.29 bits per heavy atom. The summed E-state index contributed by atoms with van der Waals surface area (Å²) in [6.45, 7) is 6.35. The molecule has 0 radical (unpaired) electrons. The Morgan fingerprint density at radius 3 is 2.94 bits per heavy atom. The lowest BCUT2D eigenvalue weighted by Crippen LogP contribution is -2.14. The second-order valence-corrected chi connectivity index (χ2v) is 3.86. The second kappa shape index (κ2) is 4.90. The van der Waals surface area contributed by atoms with Gasteiger partial charge < -0.3 is 11.1 Å². The number of anilines is 2. The van der Waals surface area contributed by atoms with Crippen LogP contribution in [0.15, 0.2) is 18.5 Å². The standard InChI is InChI=1S/C11H18N6/c1-3-17-11(10(12)9(2)15-17)13-6-8-16-7-4-5-14-16/h4-5,7,13H,3,6,8,12H2,1-2H3. The molecule has 2 rings (SSSR count). The molecular weight excluding hydrogens is 216 g/mol. The lowest BCUT2D eigenvalue weighted by molar-refractivity contribution is 0.623. The van der Waals surface area contributed by atoms with Crippen LogP contribution < -0.4 is 11.1 Å². The first-order valence-corrected chi connectivity index (χ1v) is 5.76. The Hall–Kier alpha value is -1.98. The minimum Gasteiger partial charge on any atom is -0.394 e. The van der Waals surface area contributed by atoms with Crippen molar-refractivity contribution in [2.45, 2.75) is 26.9 Å². The van der Waals surface area contributed by atoms with Crippen molar-refractivity contribution in [3.05, 3.63) is 24.2 Å². The molecule has 0 atom stereocenters. The smallest absolute Gasteiger partial charge is 0.148 e. The molecule has 0 unspecified atom stereocenters. The Bertz CT molecular complexity index is 470. The summed E-state index contributed by atoms with van der Waals surface area (Å²) in [6, 6.07) is 1.91. The molecule has 0 amide bonds. The van der Waals surface area contributed by atoms with Gasteiger partial charge in [0.1, 0.15) is 5.82 Å². The third-order valence-electron chi connectivity index (χ3n) is 2.67. The molecule has 2 aromatic rings. The molecule has 92 valence electrons. The first-order chi connectivity index (χ1) is 8.22. The molecule has 6 nitrogen and oxygen atoms in total. The summed E-state index contributed by atoms with van der Waals surface area (Å²) in [6.07, 6.45) is 3.71. The minimum atomic E-state index is 0.729. The van der Waals surface area contributed by atoms with Crippen LogP contribution in [0.25, 0.3) is 0 Å². The molecule has 6 heteroatoms. The van der Waals surface area contributed by atoms with Gasteiger partial charge >= 0.3 is 0 Å². The minimum absolute atomic E-state index is 0.729. The number of hydrogen-bond acceptors (Lipinski definition) is 4. The highest BCUT2D eigenvalue weighted by Gasteiger charge is 2.10. The van der Waals surface area contributed by atoms with Crippen LogP contribution in [0.4, 0.5) is 11.5 Å². The average molecular weight is 234 g/mol. The van der Waals surface area contributed by atoms with E-state index >= 15 is 0 Å². The van der Waals surface area contributed by atoms with Crippen molar-refractivity contribution >= 4 is 11.5 Å². The topological polar surface area (TPSA) is 73.7 Å². The molecule has 0 aliphatic carbocycles. The number of nitrogen functional groups attached to an aromatic ring is 1. The monoisotopic (exact) mass is 234 g/mol. The van der Waals surface area contributed by atoms with E-state index in [0.717, 1.165) is 36.8 Å². The number of aryl methyl sites for hydroxylation is 2. The van der Waals surface area contributed by atoms with Crippen molar-refractivity contribution in [2.24, 2.45) is 0 Å². The van der Waals surface area contributed by atoms with Crippen LogP contribution in [-0.4, -0.2) is 26.1 Å². The van der Waals surface area contributed by atoms with Crippen molar-refractivity contribution in [1.29, 1.82) is 0 Å². The fourth-order valence-electron chi connectivity index (χ4n) is 1.73. The lowest BCUT2D eigenvalue weighted by atomic mass is 10.4. The molecule has 2 aromatic heterocycles. The van der Waals surface area contributed by atoms with Gasteiger partial charge in [0.25, 0.3) is 0 Å². The number of rotatable bonds is 5. The third kappa shape index (κ3) is 2.41. The van der Waals surface area contributed by atoms with Gasteiger partial charge in [0.15, 0.2) is 0 Å². The van der Waals surface area contributed by atoms with Crippen molar-refractivity contribution in [2.75, 3.05) is 17.6 Å². The number of nitrogens with zero attached hydrogens (tertiary/aromatic N) is 4. The van der Waals surface area contributed by atoms with E-state index in [2.05, 4.69) is 15.5 Å². The molecule has 0 aromatic carbocycles. The third-order valence-corrected chi connectivity index (χ3v) is 2.67. The molecule has 0 aliphatic heterocycles. The van der Waals surface area contributed by atoms with Crippen LogP contribution >= 0.6 is 0 Å². The molecule has 3 N–H and O–H groups in total. The van der Waals surface area contributed by atoms with Crippen LogP contribution in [0.3, 0.4) is 0 Å². The molecule has 0 saturated heterocycles. The van der Waals surface area contributed by atoms with E-state index in [0.29, 0.717) is 0 Å². The zero-order chi connectivity index (χ0) is 12.3. The van der Waals surface area contributed by atoms with Gasteiger partial charge in [-0.2, -0.15) is 10.2 Å². The Morgan fingerprint density at radius 1 is 1.47 bits per heavy atom. The highest BCUT2D eigenvalue weighted by Crippen LogP contribution is 2.21. The fourth-order valence-corrected chi connectivity index (χ4v) is 1.73. The maximum absolute atomic E-state index is 5.97. The van der Waals surface area contributed by atoms with Crippen LogP contribution in [-0.2, 0) is 13.1 Å². The molecule has 0 spiro atoms. The Labute approximate surface area is 100 Å². The van der Waals surface area contributed by atoms with E-state index < -0.39 is 0 Å². The first-order valence-electron chi connectivity index (χ1n) is 5.76. The number of nitrogens with one attached hydrogen (secondary N) is 1. The van der Waals surface area contributed by atoms with E-state index in [9.17, 15) is 0 Å². The van der Waals surface area contributed by atoms with Crippen molar-refractivity contribution in [3.63, 3.8) is 0 Å². The predicted molar refractivity (Wildman–Crippen MR) is 67.8 cm³/mol. The maximum atomic E-state index is 5.97. The predicted octanol–water partition coefficient (Wildman–Crippen LogP) is 1.10. The zero-order valence-electron chi connectivity index (χ0n) is 10.2. The molecule has 0 saturated carbocycles. The lowest BCUT2D eigenvalue weighted by Gasteiger charge is -2.09. The summed E-state index contributed by atoms with van der Waals surface area (Å²) >= 11 is 0. The molecule has 0 bridgehead atoms. The van der Waals surface area contributed by atoms with Gasteiger partial charge in [0.05, 0.1) is 17.9 Å². The summed E-state index contributed by atoms with van der Waals surface area (Å²) < 4.78 is 3.76. The van der Waals surface area contributed by atoms with Crippen LogP contribution in [0.2, 0.25) is 0 Å². The van der Waals surface area contributed by atoms with Crippen molar-refractivity contribution in [1.82, 2.24) is 19.6 Å². The molecule has 0 aliphatic rings. The van der Waals surface area contributed by atoms with Crippen molar-refractivity contribution in [3.8, 4) is 0 Å². The number of aromatic nitrogens is 4. The SMILES string of the molecule is CCn1nc(C)c(N)c1NCCn1cccn1. The summed E-state index contributed by atoms with van der Waals surface area (Å²) in [5.74, 6) is 0.900. The second-order valence-electron chi connectivity index (χ2n) is 3.86. The number of nitrogens with two attached hydrogens (primary N) is 1. The van der Waals surface area contributed by atoms with Gasteiger partial charge in [-0.25, -0.2) is 4.68 Å². The summed E-state index contributed by atoms with van der Waals surface area (Å²) in [5.41, 5.74) is 7.57. The molecule has 2 heterocycles. The summed E-state index contributed by atoms with van der Waals surface area (Å²) in [5, 5.41) is 11.8. The van der Waals surface area contributed by atoms with Gasteiger partial charge in [0.2, 0.25) is 0 Å². The first kappa shape index (κ1) is 11.5. The van der Waals surface area contributed by atoms with Crippen LogP contribution in [0, 0.1) is 6.92 Å². The highest BCUT2D eigenvalue weighted by atomic mass is 15.3. The maximum Gasteiger partial charge on any atom is 0.148 e. The van der Waals surface area contributed by atoms with Gasteiger partial charge in [-0.15, -0.1) is 0 Å². The van der Waals surface area contributed by atoms with Gasteiger partial charge in [-0.3, -0.25) is 4.68 Å². The van der Waals surface area contributed by atoms with E-state index in [-0.39, 0.29) is 0 Å². The number of hydrogen-bond donors (Lipinski definition) is 2. The molecular formula is C11H18N6. The molecule has 17 heavy (non-hydrogen) atoms. The average Bonchev–Trinajstić information content (AvgIpc) is 2.92. The molecule has 0 fully saturated rings. The fraction of sp³-hybridized carbons (Fsp3) is 0.455. The van der Waals surface area contributed by atoms with Gasteiger partial charge in [0, 0.05) is 25.5 Å². The van der Waals surface area contributed by atoms with Crippen LogP contribution in [0.1, 0.15) is 12.6 Å². The van der Waals surface area contributed by atoms with Gasteiger partial charge in [-0.05, 0) is 19.9 Å². The zero-order valence-corrected chi connectivity index (χ0v) is 10.2. The largest absolute Gasteiger partial charge is 0.394 e. The van der Waals surface area contributed by atoms with E-state index in [4.69, 9.17) is 5.73 Å². The Kier molecular flexibility index (Phi) is 3.32. The summed E-state index contributed by atoms with van der Waals surface area (Å²) in [7, 11) is 0. The van der Waals surface area contributed by atoms with Crippen LogP contribution in [0.5, 0.6) is 0 Å². The van der Waals surface area contributed by atoms with E-state index in [1.807, 2.05) is 35.5 Å². The Balaban J connectivity index is 1.98. The quantitative estimate of drug-likeness (QED) is 0.812. The normalized spacial score (nSPS) is 10.7. The van der Waals surface area contributed by atoms with Gasteiger partial charge in [-0.1, -0.05) is 0 Å². The van der Waals surface area contributed by atoms with E-state index in [1.165, 1.54) is 0 Å². The van der Waals surface area contributed by atoms with Crippen molar-refractivity contribution < 1.29 is 0 Å². The van der Waals surface area contributed by atoms with E-state index in [1.54, 1.807) is 6.20 Å². The highest BCUT2D eigenvalue weighted by molar-refractivity contribution is 5.64.